The molecular weight excluding hydrogens is 370 g/mol. The van der Waals surface area contributed by atoms with Crippen molar-refractivity contribution in [3.63, 3.8) is 0 Å². The Morgan fingerprint density at radius 1 is 1.20 bits per heavy atom. The average molecular weight is 386 g/mol. The zero-order valence-electron chi connectivity index (χ0n) is 11.1. The lowest BCUT2D eigenvalue weighted by Gasteiger charge is -2.14. The van der Waals surface area contributed by atoms with E-state index in [4.69, 9.17) is 4.74 Å². The summed E-state index contributed by atoms with van der Waals surface area (Å²) < 4.78 is 19.3. The maximum absolute atomic E-state index is 13.1. The summed E-state index contributed by atoms with van der Waals surface area (Å²) >= 11 is 2.03. The molecule has 1 N–H and O–H groups in total. The van der Waals surface area contributed by atoms with Crippen LogP contribution in [-0.2, 0) is 0 Å². The third kappa shape index (κ3) is 3.70. The Morgan fingerprint density at radius 2 is 1.90 bits per heavy atom. The number of aliphatic hydroxyl groups excluding tert-OH is 1. The molecule has 0 saturated carbocycles. The van der Waals surface area contributed by atoms with E-state index in [1.54, 1.807) is 6.07 Å². The summed E-state index contributed by atoms with van der Waals surface area (Å²) in [4.78, 5) is 0. The maximum Gasteiger partial charge on any atom is 0.124 e. The molecule has 1 atom stereocenters. The van der Waals surface area contributed by atoms with Crippen LogP contribution in [0.3, 0.4) is 0 Å². The first-order valence-electron chi connectivity index (χ1n) is 6.47. The summed E-state index contributed by atoms with van der Waals surface area (Å²) in [5.74, 6) is 0.491. The SMILES string of the molecule is CCCOc1ccc(C(O)c2ccc(F)cc2I)cc1. The minimum Gasteiger partial charge on any atom is -0.494 e. The number of hydrogen-bond acceptors (Lipinski definition) is 2. The summed E-state index contributed by atoms with van der Waals surface area (Å²) in [6.07, 6.45) is 0.195. The van der Waals surface area contributed by atoms with Crippen LogP contribution in [0.25, 0.3) is 0 Å². The molecule has 0 spiro atoms. The van der Waals surface area contributed by atoms with Crippen molar-refractivity contribution in [1.29, 1.82) is 0 Å². The van der Waals surface area contributed by atoms with Crippen molar-refractivity contribution < 1.29 is 14.2 Å². The lowest BCUT2D eigenvalue weighted by molar-refractivity contribution is 0.219. The van der Waals surface area contributed by atoms with Crippen molar-refractivity contribution in [2.75, 3.05) is 6.61 Å². The molecule has 0 saturated heterocycles. The molecule has 2 nitrogen and oxygen atoms in total. The van der Waals surface area contributed by atoms with Gasteiger partial charge in [-0.3, -0.25) is 0 Å². The largest absolute Gasteiger partial charge is 0.494 e. The highest BCUT2D eigenvalue weighted by Gasteiger charge is 2.14. The highest BCUT2D eigenvalue weighted by molar-refractivity contribution is 14.1. The molecule has 0 heterocycles. The monoisotopic (exact) mass is 386 g/mol. The molecule has 20 heavy (non-hydrogen) atoms. The van der Waals surface area contributed by atoms with E-state index in [2.05, 4.69) is 6.92 Å². The van der Waals surface area contributed by atoms with Crippen LogP contribution in [-0.4, -0.2) is 11.7 Å². The molecule has 2 rings (SSSR count). The number of halogens is 2. The van der Waals surface area contributed by atoms with Gasteiger partial charge in [-0.2, -0.15) is 0 Å². The lowest BCUT2D eigenvalue weighted by Crippen LogP contribution is -2.03. The van der Waals surface area contributed by atoms with Crippen LogP contribution in [0.2, 0.25) is 0 Å². The molecule has 0 aliphatic heterocycles. The summed E-state index contributed by atoms with van der Waals surface area (Å²) in [7, 11) is 0. The van der Waals surface area contributed by atoms with Crippen molar-refractivity contribution in [3.8, 4) is 5.75 Å². The molecule has 4 heteroatoms. The van der Waals surface area contributed by atoms with Crippen LogP contribution < -0.4 is 4.74 Å². The number of hydrogen-bond donors (Lipinski definition) is 1. The molecule has 0 aromatic heterocycles. The molecule has 0 bridgehead atoms. The first-order valence-corrected chi connectivity index (χ1v) is 7.55. The smallest absolute Gasteiger partial charge is 0.124 e. The van der Waals surface area contributed by atoms with Gasteiger partial charge in [-0.15, -0.1) is 0 Å². The van der Waals surface area contributed by atoms with Gasteiger partial charge in [0.1, 0.15) is 17.7 Å². The Morgan fingerprint density at radius 3 is 2.50 bits per heavy atom. The standard InChI is InChI=1S/C16H16FIO2/c1-2-9-20-13-6-3-11(4-7-13)16(19)14-8-5-12(17)10-15(14)18/h3-8,10,16,19H,2,9H2,1H3. The van der Waals surface area contributed by atoms with Gasteiger partial charge >= 0.3 is 0 Å². The zero-order chi connectivity index (χ0) is 14.5. The Balaban J connectivity index is 2.18. The van der Waals surface area contributed by atoms with Crippen LogP contribution in [0, 0.1) is 9.39 Å². The van der Waals surface area contributed by atoms with Crippen LogP contribution in [0.15, 0.2) is 42.5 Å². The highest BCUT2D eigenvalue weighted by Crippen LogP contribution is 2.27. The molecule has 2 aromatic rings. The van der Waals surface area contributed by atoms with Gasteiger partial charge in [0, 0.05) is 3.57 Å². The fourth-order valence-electron chi connectivity index (χ4n) is 1.87. The number of ether oxygens (including phenoxy) is 1. The molecule has 0 aliphatic rings. The number of rotatable bonds is 5. The first kappa shape index (κ1) is 15.3. The summed E-state index contributed by atoms with van der Waals surface area (Å²) in [6, 6.07) is 11.7. The van der Waals surface area contributed by atoms with Crippen molar-refractivity contribution in [2.45, 2.75) is 19.4 Å². The zero-order valence-corrected chi connectivity index (χ0v) is 13.3. The van der Waals surface area contributed by atoms with E-state index in [1.165, 1.54) is 12.1 Å². The van der Waals surface area contributed by atoms with Crippen LogP contribution >= 0.6 is 22.6 Å². The number of benzene rings is 2. The van der Waals surface area contributed by atoms with Crippen molar-refractivity contribution in [2.24, 2.45) is 0 Å². The fraction of sp³-hybridized carbons (Fsp3) is 0.250. The van der Waals surface area contributed by atoms with E-state index in [9.17, 15) is 9.50 Å². The molecule has 0 radical (unpaired) electrons. The first-order chi connectivity index (χ1) is 9.61. The summed E-state index contributed by atoms with van der Waals surface area (Å²) in [6.45, 7) is 2.73. The normalized spacial score (nSPS) is 12.2. The summed E-state index contributed by atoms with van der Waals surface area (Å²) in [5, 5.41) is 10.4. The van der Waals surface area contributed by atoms with E-state index in [0.29, 0.717) is 15.7 Å². The van der Waals surface area contributed by atoms with E-state index in [1.807, 2.05) is 46.9 Å². The molecule has 0 aliphatic carbocycles. The van der Waals surface area contributed by atoms with Gasteiger partial charge in [-0.05, 0) is 64.4 Å². The second-order valence-corrected chi connectivity index (χ2v) is 5.65. The predicted octanol–water partition coefficient (Wildman–Crippen LogP) is 4.30. The maximum atomic E-state index is 13.1. The van der Waals surface area contributed by atoms with Gasteiger partial charge in [0.25, 0.3) is 0 Å². The topological polar surface area (TPSA) is 29.5 Å². The Hall–Kier alpha value is -1.14. The molecular formula is C16H16FIO2. The van der Waals surface area contributed by atoms with Crippen molar-refractivity contribution in [1.82, 2.24) is 0 Å². The van der Waals surface area contributed by atoms with Gasteiger partial charge in [0.05, 0.1) is 6.61 Å². The Bertz CT molecular complexity index is 569. The van der Waals surface area contributed by atoms with Gasteiger partial charge in [0.2, 0.25) is 0 Å². The molecule has 1 unspecified atom stereocenters. The van der Waals surface area contributed by atoms with E-state index >= 15 is 0 Å². The van der Waals surface area contributed by atoms with E-state index in [0.717, 1.165) is 17.7 Å². The summed E-state index contributed by atoms with van der Waals surface area (Å²) in [5.41, 5.74) is 1.47. The van der Waals surface area contributed by atoms with E-state index < -0.39 is 6.10 Å². The van der Waals surface area contributed by atoms with Crippen LogP contribution in [0.5, 0.6) is 5.75 Å². The second-order valence-electron chi connectivity index (χ2n) is 4.49. The number of aliphatic hydroxyl groups is 1. The quantitative estimate of drug-likeness (QED) is 0.777. The molecule has 0 amide bonds. The highest BCUT2D eigenvalue weighted by atomic mass is 127. The molecule has 2 aromatic carbocycles. The predicted molar refractivity (Wildman–Crippen MR) is 85.4 cm³/mol. The second kappa shape index (κ2) is 7.04. The lowest BCUT2D eigenvalue weighted by atomic mass is 10.0. The minimum atomic E-state index is -0.761. The minimum absolute atomic E-state index is 0.298. The molecule has 0 fully saturated rings. The average Bonchev–Trinajstić information content (AvgIpc) is 2.45. The van der Waals surface area contributed by atoms with Crippen molar-refractivity contribution in [3.05, 3.63) is 63.0 Å². The van der Waals surface area contributed by atoms with Gasteiger partial charge in [-0.25, -0.2) is 4.39 Å². The molecule has 106 valence electrons. The van der Waals surface area contributed by atoms with Crippen molar-refractivity contribution >= 4 is 22.6 Å². The van der Waals surface area contributed by atoms with Gasteiger partial charge in [-0.1, -0.05) is 25.1 Å². The van der Waals surface area contributed by atoms with Crippen LogP contribution in [0.4, 0.5) is 4.39 Å². The van der Waals surface area contributed by atoms with Gasteiger partial charge < -0.3 is 9.84 Å². The third-order valence-electron chi connectivity index (χ3n) is 2.93. The Kier molecular flexibility index (Phi) is 5.37. The Labute approximate surface area is 131 Å². The fourth-order valence-corrected chi connectivity index (χ4v) is 2.64. The van der Waals surface area contributed by atoms with Crippen LogP contribution in [0.1, 0.15) is 30.6 Å². The van der Waals surface area contributed by atoms with E-state index in [-0.39, 0.29) is 5.82 Å². The third-order valence-corrected chi connectivity index (χ3v) is 3.86. The van der Waals surface area contributed by atoms with Gasteiger partial charge in [0.15, 0.2) is 0 Å².